The maximum Gasteiger partial charge on any atom is 0.164 e. The molecule has 6 heteroatoms. The van der Waals surface area contributed by atoms with Gasteiger partial charge in [0.05, 0.1) is 5.39 Å². The molecule has 0 amide bonds. The summed E-state index contributed by atoms with van der Waals surface area (Å²) in [5.74, 6) is 0.138. The summed E-state index contributed by atoms with van der Waals surface area (Å²) in [5.41, 5.74) is 8.74. The van der Waals surface area contributed by atoms with Crippen molar-refractivity contribution in [3.8, 4) is 11.3 Å². The van der Waals surface area contributed by atoms with E-state index in [0.29, 0.717) is 28.1 Å². The molecule has 0 bridgehead atoms. The van der Waals surface area contributed by atoms with Gasteiger partial charge in [0.1, 0.15) is 23.7 Å². The number of nitrogens with zero attached hydrogens (tertiary/aromatic N) is 4. The Bertz CT molecular complexity index is 822. The molecule has 3 aromatic rings. The number of aryl methyl sites for hydroxylation is 1. The van der Waals surface area contributed by atoms with Gasteiger partial charge in [0, 0.05) is 11.6 Å². The highest BCUT2D eigenvalue weighted by atomic mass is 19.1. The normalized spacial score (nSPS) is 11.5. The van der Waals surface area contributed by atoms with E-state index in [9.17, 15) is 4.39 Å². The number of hydrogen-bond donors (Lipinski definition) is 1. The summed E-state index contributed by atoms with van der Waals surface area (Å²) < 4.78 is 15.3. The largest absolute Gasteiger partial charge is 0.383 e. The second-order valence-corrected chi connectivity index (χ2v) is 5.31. The first-order valence-corrected chi connectivity index (χ1v) is 6.74. The Hall–Kier alpha value is -2.50. The van der Waals surface area contributed by atoms with Gasteiger partial charge >= 0.3 is 0 Å². The molecule has 108 valence electrons. The zero-order chi connectivity index (χ0) is 15.1. The lowest BCUT2D eigenvalue weighted by atomic mass is 10.1. The second kappa shape index (κ2) is 4.80. The number of nitrogens with two attached hydrogens (primary N) is 1. The van der Waals surface area contributed by atoms with Crippen LogP contribution in [0.1, 0.15) is 25.5 Å². The molecule has 2 N–H and O–H groups in total. The van der Waals surface area contributed by atoms with E-state index in [4.69, 9.17) is 5.73 Å². The zero-order valence-corrected chi connectivity index (χ0v) is 12.1. The average Bonchev–Trinajstić information content (AvgIpc) is 2.83. The van der Waals surface area contributed by atoms with Crippen molar-refractivity contribution >= 4 is 16.9 Å². The molecule has 21 heavy (non-hydrogen) atoms. The third kappa shape index (κ3) is 2.12. The molecule has 0 saturated heterocycles. The highest BCUT2D eigenvalue weighted by molar-refractivity contribution is 5.98. The predicted molar refractivity (Wildman–Crippen MR) is 80.3 cm³/mol. The van der Waals surface area contributed by atoms with Crippen LogP contribution in [0.25, 0.3) is 22.3 Å². The third-order valence-corrected chi connectivity index (χ3v) is 3.44. The minimum atomic E-state index is -0.240. The van der Waals surface area contributed by atoms with Crippen LogP contribution < -0.4 is 5.73 Å². The first-order chi connectivity index (χ1) is 9.99. The maximum absolute atomic E-state index is 13.5. The number of nitrogen functional groups attached to an aromatic ring is 1. The van der Waals surface area contributed by atoms with E-state index in [1.54, 1.807) is 23.7 Å². The molecular weight excluding hydrogens is 269 g/mol. The summed E-state index contributed by atoms with van der Waals surface area (Å²) in [6.45, 7) is 5.76. The van der Waals surface area contributed by atoms with Crippen LogP contribution in [-0.2, 0) is 0 Å². The van der Waals surface area contributed by atoms with Gasteiger partial charge in [-0.05, 0) is 44.5 Å². The van der Waals surface area contributed by atoms with Crippen LogP contribution in [-0.4, -0.2) is 19.7 Å². The van der Waals surface area contributed by atoms with Gasteiger partial charge in [0.25, 0.3) is 0 Å². The molecule has 0 aliphatic carbocycles. The molecule has 0 atom stereocenters. The van der Waals surface area contributed by atoms with Gasteiger partial charge < -0.3 is 5.73 Å². The van der Waals surface area contributed by atoms with Crippen molar-refractivity contribution in [2.45, 2.75) is 26.8 Å². The molecule has 1 aromatic carbocycles. The van der Waals surface area contributed by atoms with E-state index in [-0.39, 0.29) is 11.9 Å². The van der Waals surface area contributed by atoms with Crippen LogP contribution in [0.5, 0.6) is 0 Å². The fourth-order valence-corrected chi connectivity index (χ4v) is 2.35. The number of halogens is 1. The zero-order valence-electron chi connectivity index (χ0n) is 12.1. The summed E-state index contributed by atoms with van der Waals surface area (Å²) in [7, 11) is 0. The Labute approximate surface area is 121 Å². The maximum atomic E-state index is 13.5. The topological polar surface area (TPSA) is 69.6 Å². The molecule has 3 rings (SSSR count). The molecule has 2 heterocycles. The van der Waals surface area contributed by atoms with Gasteiger partial charge in [-0.3, -0.25) is 0 Å². The predicted octanol–water partition coefficient (Wildman–Crippen LogP) is 3.10. The molecular formula is C15H16FN5. The smallest absolute Gasteiger partial charge is 0.164 e. The molecule has 5 nitrogen and oxygen atoms in total. The van der Waals surface area contributed by atoms with E-state index in [2.05, 4.69) is 15.1 Å². The lowest BCUT2D eigenvalue weighted by Crippen LogP contribution is -2.04. The Morgan fingerprint density at radius 2 is 2.00 bits per heavy atom. The van der Waals surface area contributed by atoms with Crippen molar-refractivity contribution in [3.63, 3.8) is 0 Å². The number of hydrogen-bond acceptors (Lipinski definition) is 4. The van der Waals surface area contributed by atoms with Gasteiger partial charge in [0.2, 0.25) is 0 Å². The molecule has 0 fully saturated rings. The molecule has 2 aromatic heterocycles. The molecule has 0 unspecified atom stereocenters. The molecule has 0 radical (unpaired) electrons. The quantitative estimate of drug-likeness (QED) is 0.785. The van der Waals surface area contributed by atoms with Crippen molar-refractivity contribution in [1.29, 1.82) is 0 Å². The average molecular weight is 285 g/mol. The fraction of sp³-hybridized carbons (Fsp3) is 0.267. The highest BCUT2D eigenvalue weighted by Gasteiger charge is 2.18. The van der Waals surface area contributed by atoms with E-state index in [1.165, 1.54) is 12.4 Å². The van der Waals surface area contributed by atoms with Crippen molar-refractivity contribution in [3.05, 3.63) is 35.9 Å². The van der Waals surface area contributed by atoms with Crippen molar-refractivity contribution in [1.82, 2.24) is 19.7 Å². The first kappa shape index (κ1) is 13.5. The van der Waals surface area contributed by atoms with E-state index >= 15 is 0 Å². The van der Waals surface area contributed by atoms with Crippen LogP contribution in [0.4, 0.5) is 10.2 Å². The number of benzene rings is 1. The molecule has 0 aliphatic rings. The lowest BCUT2D eigenvalue weighted by molar-refractivity contribution is 0.548. The lowest BCUT2D eigenvalue weighted by Gasteiger charge is -2.05. The monoisotopic (exact) mass is 285 g/mol. The van der Waals surface area contributed by atoms with Gasteiger partial charge in [-0.1, -0.05) is 0 Å². The number of anilines is 1. The summed E-state index contributed by atoms with van der Waals surface area (Å²) >= 11 is 0. The van der Waals surface area contributed by atoms with Crippen LogP contribution in [0, 0.1) is 12.7 Å². The van der Waals surface area contributed by atoms with Crippen molar-refractivity contribution in [2.24, 2.45) is 0 Å². The first-order valence-electron chi connectivity index (χ1n) is 6.74. The van der Waals surface area contributed by atoms with Crippen LogP contribution >= 0.6 is 0 Å². The van der Waals surface area contributed by atoms with Gasteiger partial charge in [-0.25, -0.2) is 19.0 Å². The summed E-state index contributed by atoms with van der Waals surface area (Å²) in [6.07, 6.45) is 1.43. The summed E-state index contributed by atoms with van der Waals surface area (Å²) in [6, 6.07) is 5.03. The Morgan fingerprint density at radius 1 is 1.24 bits per heavy atom. The van der Waals surface area contributed by atoms with Crippen LogP contribution in [0.15, 0.2) is 24.5 Å². The number of rotatable bonds is 2. The third-order valence-electron chi connectivity index (χ3n) is 3.44. The number of fused-ring (bicyclic) bond motifs is 1. The van der Waals surface area contributed by atoms with Gasteiger partial charge in [0.15, 0.2) is 5.65 Å². The van der Waals surface area contributed by atoms with E-state index in [1.807, 2.05) is 13.8 Å². The Balaban J connectivity index is 2.34. The van der Waals surface area contributed by atoms with Crippen molar-refractivity contribution in [2.75, 3.05) is 5.73 Å². The SMILES string of the molecule is Cc1cc(-c2nn(C(C)C)c3ncnc(N)c23)ccc1F. The number of aromatic nitrogens is 4. The molecule has 0 aliphatic heterocycles. The fourth-order valence-electron chi connectivity index (χ4n) is 2.35. The molecule has 0 saturated carbocycles. The minimum absolute atomic E-state index is 0.136. The Kier molecular flexibility index (Phi) is 3.08. The second-order valence-electron chi connectivity index (χ2n) is 5.31. The minimum Gasteiger partial charge on any atom is -0.383 e. The highest BCUT2D eigenvalue weighted by Crippen LogP contribution is 2.32. The summed E-state index contributed by atoms with van der Waals surface area (Å²) in [5, 5.41) is 5.31. The van der Waals surface area contributed by atoms with Gasteiger partial charge in [-0.2, -0.15) is 5.10 Å². The van der Waals surface area contributed by atoms with Crippen LogP contribution in [0.2, 0.25) is 0 Å². The van der Waals surface area contributed by atoms with Crippen LogP contribution in [0.3, 0.4) is 0 Å². The van der Waals surface area contributed by atoms with Gasteiger partial charge in [-0.15, -0.1) is 0 Å². The van der Waals surface area contributed by atoms with E-state index in [0.717, 1.165) is 5.56 Å². The van der Waals surface area contributed by atoms with E-state index < -0.39 is 0 Å². The Morgan fingerprint density at radius 3 is 2.67 bits per heavy atom. The standard InChI is InChI=1S/C15H16FN5/c1-8(2)21-15-12(14(17)18-7-19-15)13(20-21)10-4-5-11(16)9(3)6-10/h4-8H,1-3H3,(H2,17,18,19). The van der Waals surface area contributed by atoms with Crippen molar-refractivity contribution < 1.29 is 4.39 Å². The molecule has 0 spiro atoms. The summed E-state index contributed by atoms with van der Waals surface area (Å²) in [4.78, 5) is 8.33.